The molecule has 58 heavy (non-hydrogen) atoms. The Balaban J connectivity index is 1.17. The zero-order valence-corrected chi connectivity index (χ0v) is 32.6. The highest BCUT2D eigenvalue weighted by Crippen LogP contribution is 2.32. The number of benzene rings is 3. The molecule has 304 valence electrons. The zero-order chi connectivity index (χ0) is 40.9. The number of likely N-dealkylation sites (tertiary alicyclic amines) is 1. The number of carbonyl (C=O) groups excluding carboxylic acids is 5. The van der Waals surface area contributed by atoms with Gasteiger partial charge in [0.2, 0.25) is 17.7 Å². The van der Waals surface area contributed by atoms with E-state index in [1.165, 1.54) is 22.0 Å². The molecule has 3 fully saturated rings. The number of hydrogen-bond donors (Lipinski definition) is 4. The minimum atomic E-state index is -0.953. The summed E-state index contributed by atoms with van der Waals surface area (Å²) < 4.78 is 1.88. The Labute approximate surface area is 337 Å². The van der Waals surface area contributed by atoms with Gasteiger partial charge in [0.25, 0.3) is 5.91 Å². The maximum Gasteiger partial charge on any atom is 0.334 e. The lowest BCUT2D eigenvalue weighted by atomic mass is 9.98. The topological polar surface area (TPSA) is 171 Å². The van der Waals surface area contributed by atoms with E-state index in [-0.39, 0.29) is 87.6 Å². The van der Waals surface area contributed by atoms with Crippen LogP contribution in [0.25, 0.3) is 10.9 Å². The summed E-state index contributed by atoms with van der Waals surface area (Å²) in [6, 6.07) is 20.2. The highest BCUT2D eigenvalue weighted by atomic mass is 16.3. The molecule has 0 unspecified atom stereocenters. The number of phenols is 1. The number of piperidine rings is 1. The number of nitrogens with zero attached hydrogens (tertiary/aromatic N) is 6. The number of fused-ring (bicyclic) bond motifs is 2. The fourth-order valence-electron chi connectivity index (χ4n) is 8.41. The maximum absolute atomic E-state index is 14.7. The third-order valence-electron chi connectivity index (χ3n) is 11.2. The summed E-state index contributed by atoms with van der Waals surface area (Å²) >= 11 is 0. The largest absolute Gasteiger partial charge is 0.508 e. The van der Waals surface area contributed by atoms with Gasteiger partial charge in [-0.05, 0) is 41.7 Å². The van der Waals surface area contributed by atoms with Crippen molar-refractivity contribution in [3.63, 3.8) is 0 Å². The number of hydrazine groups is 1. The highest BCUT2D eigenvalue weighted by molar-refractivity contribution is 6.08. The van der Waals surface area contributed by atoms with Gasteiger partial charge in [-0.15, -0.1) is 6.58 Å². The molecule has 3 aromatic carbocycles. The van der Waals surface area contributed by atoms with Crippen LogP contribution in [0.1, 0.15) is 46.3 Å². The number of amides is 6. The molecule has 4 N–H and O–H groups in total. The number of aromatic hydroxyl groups is 1. The van der Waals surface area contributed by atoms with Crippen molar-refractivity contribution >= 4 is 40.6 Å². The number of aryl methyl sites for hydroxylation is 1. The fourth-order valence-corrected chi connectivity index (χ4v) is 8.41. The van der Waals surface area contributed by atoms with Crippen LogP contribution < -0.4 is 10.6 Å². The van der Waals surface area contributed by atoms with Gasteiger partial charge >= 0.3 is 6.03 Å². The average molecular weight is 791 g/mol. The molecule has 7 rings (SSSR count). The van der Waals surface area contributed by atoms with Crippen LogP contribution in [0, 0.1) is 0 Å². The summed E-state index contributed by atoms with van der Waals surface area (Å²) in [6.45, 7) is 5.20. The third-order valence-corrected chi connectivity index (χ3v) is 11.2. The van der Waals surface area contributed by atoms with Crippen LogP contribution >= 0.6 is 0 Å². The van der Waals surface area contributed by atoms with Crippen LogP contribution in [0.5, 0.6) is 5.75 Å². The molecule has 0 saturated carbocycles. The molecule has 3 aliphatic heterocycles. The number of aliphatic hydroxyl groups excluding tert-OH is 1. The molecular weight excluding hydrogens is 741 g/mol. The van der Waals surface area contributed by atoms with E-state index in [0.29, 0.717) is 36.9 Å². The van der Waals surface area contributed by atoms with Gasteiger partial charge in [0.1, 0.15) is 18.0 Å². The second-order valence-electron chi connectivity index (χ2n) is 15.1. The Morgan fingerprint density at radius 1 is 0.948 bits per heavy atom. The number of para-hydroxylation sites is 1. The number of urea groups is 1. The standard InChI is InChI=1S/C43H50N8O7/c1-3-19-49-28-39(55)50-36(23-29-12-14-33(53)15-13-29)42(57)48(27-37(50)51(49)43(58)44-24-30-8-5-4-6-9-30)25-31-10-7-11-34-35(26-46(2)40(31)34)41(56)45-32-16-20-47(21-17-32)38(54)18-22-52/h3-15,26,32,36-37,52-53H,1,16-25,27-28H2,2H3,(H,44,58)(H,45,56)/t36-,37-/m0/s1. The first kappa shape index (κ1) is 40.0. The molecule has 0 bridgehead atoms. The van der Waals surface area contributed by atoms with E-state index >= 15 is 0 Å². The van der Waals surface area contributed by atoms with E-state index in [2.05, 4.69) is 17.2 Å². The maximum atomic E-state index is 14.7. The van der Waals surface area contributed by atoms with Gasteiger partial charge in [-0.25, -0.2) is 14.8 Å². The number of piperazine rings is 1. The van der Waals surface area contributed by atoms with E-state index < -0.39 is 18.2 Å². The number of hydrogen-bond acceptors (Lipinski definition) is 8. The van der Waals surface area contributed by atoms with Crippen molar-refractivity contribution in [3.8, 4) is 5.75 Å². The van der Waals surface area contributed by atoms with E-state index in [1.54, 1.807) is 39.2 Å². The monoisotopic (exact) mass is 790 g/mol. The van der Waals surface area contributed by atoms with E-state index in [9.17, 15) is 29.1 Å². The summed E-state index contributed by atoms with van der Waals surface area (Å²) in [5.74, 6) is -0.829. The lowest BCUT2D eigenvalue weighted by Gasteiger charge is -2.55. The minimum Gasteiger partial charge on any atom is -0.508 e. The molecule has 1 aromatic heterocycles. The first-order chi connectivity index (χ1) is 28.1. The van der Waals surface area contributed by atoms with Gasteiger partial charge in [0.05, 0.1) is 30.8 Å². The smallest absolute Gasteiger partial charge is 0.334 e. The molecular formula is C43H50N8O7. The van der Waals surface area contributed by atoms with Gasteiger partial charge in [-0.1, -0.05) is 66.7 Å². The second-order valence-corrected chi connectivity index (χ2v) is 15.1. The van der Waals surface area contributed by atoms with E-state index in [0.717, 1.165) is 22.2 Å². The van der Waals surface area contributed by atoms with Crippen molar-refractivity contribution < 1.29 is 34.2 Å². The number of phenolic OH excluding ortho intramolecular Hbond substituents is 1. The van der Waals surface area contributed by atoms with Crippen LogP contribution in [-0.2, 0) is 40.9 Å². The quantitative estimate of drug-likeness (QED) is 0.159. The number of carbonyl (C=O) groups is 5. The first-order valence-corrected chi connectivity index (χ1v) is 19.7. The second kappa shape index (κ2) is 17.5. The van der Waals surface area contributed by atoms with Crippen molar-refractivity contribution in [3.05, 3.63) is 114 Å². The lowest BCUT2D eigenvalue weighted by molar-refractivity contribution is -0.189. The van der Waals surface area contributed by atoms with Crippen molar-refractivity contribution in [1.82, 2.24) is 39.9 Å². The summed E-state index contributed by atoms with van der Waals surface area (Å²) in [4.78, 5) is 73.8. The van der Waals surface area contributed by atoms with Crippen molar-refractivity contribution in [1.29, 1.82) is 0 Å². The molecule has 0 aliphatic carbocycles. The Morgan fingerprint density at radius 2 is 1.69 bits per heavy atom. The predicted octanol–water partition coefficient (Wildman–Crippen LogP) is 2.72. The van der Waals surface area contributed by atoms with Crippen LogP contribution in [-0.4, -0.2) is 127 Å². The molecule has 4 aromatic rings. The zero-order valence-electron chi connectivity index (χ0n) is 32.6. The molecule has 15 nitrogen and oxygen atoms in total. The number of rotatable bonds is 12. The number of aromatic nitrogens is 1. The lowest BCUT2D eigenvalue weighted by Crippen LogP contribution is -2.76. The van der Waals surface area contributed by atoms with Gasteiger partial charge in [-0.2, -0.15) is 0 Å². The van der Waals surface area contributed by atoms with E-state index in [1.807, 2.05) is 60.1 Å². The molecule has 2 atom stereocenters. The Kier molecular flexibility index (Phi) is 12.1. The summed E-state index contributed by atoms with van der Waals surface area (Å²) in [6.07, 6.45) is 4.02. The van der Waals surface area contributed by atoms with Crippen molar-refractivity contribution in [2.75, 3.05) is 39.3 Å². The van der Waals surface area contributed by atoms with Gasteiger partial charge < -0.3 is 40.1 Å². The van der Waals surface area contributed by atoms with Gasteiger partial charge in [0, 0.05) is 70.2 Å². The van der Waals surface area contributed by atoms with Crippen LogP contribution in [0.2, 0.25) is 0 Å². The minimum absolute atomic E-state index is 0.0245. The third kappa shape index (κ3) is 8.41. The molecule has 3 saturated heterocycles. The molecule has 0 radical (unpaired) electrons. The summed E-state index contributed by atoms with van der Waals surface area (Å²) in [7, 11) is 1.85. The Bertz CT molecular complexity index is 2170. The van der Waals surface area contributed by atoms with Crippen molar-refractivity contribution in [2.24, 2.45) is 7.05 Å². The first-order valence-electron chi connectivity index (χ1n) is 19.7. The Hall–Kier alpha value is -6.19. The number of nitrogens with one attached hydrogen (secondary N) is 2. The molecule has 4 heterocycles. The van der Waals surface area contributed by atoms with E-state index in [4.69, 9.17) is 5.11 Å². The van der Waals surface area contributed by atoms with Gasteiger partial charge in [-0.3, -0.25) is 19.2 Å². The van der Waals surface area contributed by atoms with Gasteiger partial charge in [0.15, 0.2) is 0 Å². The predicted molar refractivity (Wildman–Crippen MR) is 216 cm³/mol. The molecule has 6 amide bonds. The molecule has 3 aliphatic rings. The van der Waals surface area contributed by atoms with Crippen LogP contribution in [0.3, 0.4) is 0 Å². The molecule has 0 spiro atoms. The molecule has 15 heteroatoms. The fraction of sp³-hybridized carbons (Fsp3) is 0.372. The Morgan fingerprint density at radius 3 is 2.40 bits per heavy atom. The highest BCUT2D eigenvalue weighted by Gasteiger charge is 2.51. The van der Waals surface area contributed by atoms with Crippen LogP contribution in [0.4, 0.5) is 4.79 Å². The van der Waals surface area contributed by atoms with Crippen LogP contribution in [0.15, 0.2) is 91.6 Å². The normalized spacial score (nSPS) is 19.0. The summed E-state index contributed by atoms with van der Waals surface area (Å²) in [5, 5.41) is 29.2. The average Bonchev–Trinajstić information content (AvgIpc) is 3.57. The number of aliphatic hydroxyl groups is 1. The summed E-state index contributed by atoms with van der Waals surface area (Å²) in [5.41, 5.74) is 3.68. The SMILES string of the molecule is C=CCN1CC(=O)N2[C@@H](Cc3ccc(O)cc3)C(=O)N(Cc3cccc4c(C(=O)NC5CCN(C(=O)CCO)CC5)cn(C)c34)C[C@@H]2N1C(=O)NCc1ccccc1. The van der Waals surface area contributed by atoms with Crippen molar-refractivity contribution in [2.45, 2.75) is 57.0 Å².